The van der Waals surface area contributed by atoms with Crippen molar-refractivity contribution in [3.8, 4) is 0 Å². The van der Waals surface area contributed by atoms with Gasteiger partial charge in [0, 0.05) is 41.5 Å². The maximum absolute atomic E-state index is 13.5. The van der Waals surface area contributed by atoms with E-state index in [1.807, 2.05) is 0 Å². The summed E-state index contributed by atoms with van der Waals surface area (Å²) >= 11 is 0. The van der Waals surface area contributed by atoms with Crippen molar-refractivity contribution in [2.45, 2.75) is 417 Å². The largest absolute Gasteiger partial charge is 0.394 e. The lowest BCUT2D eigenvalue weighted by atomic mass is 9.93. The second kappa shape index (κ2) is 54.0. The third-order valence-corrected chi connectivity index (χ3v) is 27.4. The van der Waals surface area contributed by atoms with E-state index >= 15 is 0 Å². The van der Waals surface area contributed by atoms with Gasteiger partial charge in [-0.15, -0.1) is 0 Å². The van der Waals surface area contributed by atoms with Crippen molar-refractivity contribution in [2.75, 3.05) is 72.7 Å². The maximum Gasteiger partial charge on any atom is 0.217 e. The van der Waals surface area contributed by atoms with Crippen LogP contribution < -0.4 is 31.9 Å². The average molecular weight is 2190 g/mol. The second-order valence-electron chi connectivity index (χ2n) is 38.1. The molecule has 0 spiro atoms. The smallest absolute Gasteiger partial charge is 0.217 e. The molecule has 0 aromatic carbocycles. The summed E-state index contributed by atoms with van der Waals surface area (Å²) in [5.74, 6) is -5.85. The minimum absolute atomic E-state index is 0.846. The highest BCUT2D eigenvalue weighted by Crippen LogP contribution is 2.43. The monoisotopic (exact) mass is 2190 g/mol. The van der Waals surface area contributed by atoms with Crippen LogP contribution in [0.5, 0.6) is 0 Å². The molecule has 0 aliphatic carbocycles. The van der Waals surface area contributed by atoms with Crippen LogP contribution in [0.2, 0.25) is 0 Å². The Kier molecular flexibility index (Phi) is 44.4. The van der Waals surface area contributed by atoms with Crippen LogP contribution in [0.25, 0.3) is 0 Å². The van der Waals surface area contributed by atoms with Gasteiger partial charge in [0.1, 0.15) is 287 Å². The minimum atomic E-state index is -2.79. The van der Waals surface area contributed by atoms with E-state index in [0.29, 0.717) is 0 Å². The molecule has 150 heavy (non-hydrogen) atoms. The molecule has 6 amide bonds. The molecule has 0 bridgehead atoms. The Labute approximate surface area is 849 Å². The molecule has 66 heteroatoms. The Hall–Kier alpha value is -5.34. The van der Waals surface area contributed by atoms with Crippen molar-refractivity contribution in [1.82, 2.24) is 31.9 Å². The summed E-state index contributed by atoms with van der Waals surface area (Å²) in [6.45, 7) is -6.44. The van der Waals surface area contributed by atoms with E-state index in [1.54, 1.807) is 0 Å². The highest BCUT2D eigenvalue weighted by Gasteiger charge is 2.64. The van der Waals surface area contributed by atoms with Crippen LogP contribution in [0.3, 0.4) is 0 Å². The Bertz CT molecular complexity index is 4250. The lowest BCUT2D eigenvalue weighted by Crippen LogP contribution is -2.71. The Morgan fingerprint density at radius 1 is 0.187 bits per heavy atom. The molecule has 866 valence electrons. The molecular formula is C84H140N6O60. The summed E-state index contributed by atoms with van der Waals surface area (Å²) in [5.41, 5.74) is 0. The van der Waals surface area contributed by atoms with E-state index in [1.165, 1.54) is 6.92 Å². The molecule has 0 aromatic heterocycles. The van der Waals surface area contributed by atoms with Gasteiger partial charge in [-0.25, -0.2) is 0 Å². The number of hydrogen-bond acceptors (Lipinski definition) is 60. The number of carbonyl (C=O) groups excluding carboxylic acids is 6. The molecular weight excluding hydrogens is 2050 g/mol. The molecule has 37 N–H and O–H groups in total. The second-order valence-corrected chi connectivity index (χ2v) is 38.1. The number of hydrogen-bond donors (Lipinski definition) is 37. The SMILES string of the molecule is CC(=O)N[C@@H]1[C@@H](O)[C@H](O[C@@H]2O[C@H](CO)[C@@H](O[C@@H]3O[C@H](CO[C@H]4O[C@H](CO[C@@H]5O[C@H](CO)[C@@H](O)[C@H](O)[C@H]5NC(C)=O)[C@@H](O)[C@H](O)[C@@H]4O[C@@H]4O[C@H](CO)[C@@H](O[C@@H]5O[C@H](CO)[C@H](O)[C@H](O)[C@H]5O[C@@H]5O[C@@H](C)[C@@H](O)[C@@H](O)[C@@H]5O)[C@H](O)[C@H]4NC(C)=O)[C@@H](O)[C@H](O[C@H]4O[C@H](CO)[C@@H](O[C@@H]5O[C@H](CO)[C@@H](O[C@@H]6O[C@H](CO)[C@H](O)[C@H](O)[C@H]6O)[C@H](O)[C@H]5NC(C)=O)[C@H](O)[C@@H]4O[C@@H]4O[C@H](CO)[C@@H](O)[C@H](O)[C@H]4NC(C)=O)[C@@H]3O)[C@H](O)[C@H]2NC(C)=O)[C@@H](CO)O[C@H]1O. The van der Waals surface area contributed by atoms with Gasteiger partial charge >= 0.3 is 0 Å². The van der Waals surface area contributed by atoms with Crippen LogP contribution in [0.15, 0.2) is 0 Å². The number of rotatable bonds is 39. The number of amides is 6. The van der Waals surface area contributed by atoms with Crippen molar-refractivity contribution in [2.24, 2.45) is 0 Å². The van der Waals surface area contributed by atoms with Crippen LogP contribution in [-0.2, 0) is 138 Å². The topological polar surface area (TPSA) is 1010 Å². The zero-order valence-corrected chi connectivity index (χ0v) is 81.1. The number of aliphatic hydroxyl groups excluding tert-OH is 31. The molecule has 0 unspecified atom stereocenters. The molecule has 12 rings (SSSR count). The molecule has 12 saturated heterocycles. The lowest BCUT2D eigenvalue weighted by molar-refractivity contribution is -0.405. The predicted octanol–water partition coefficient (Wildman–Crippen LogP) is -25.3. The molecule has 12 aliphatic heterocycles. The van der Waals surface area contributed by atoms with E-state index in [-0.39, 0.29) is 0 Å². The molecule has 12 aliphatic rings. The van der Waals surface area contributed by atoms with E-state index in [2.05, 4.69) is 31.9 Å². The molecule has 60 atom stereocenters. The fourth-order valence-corrected chi connectivity index (χ4v) is 19.5. The molecule has 0 radical (unpaired) electrons. The van der Waals surface area contributed by atoms with Crippen LogP contribution >= 0.6 is 0 Å². The van der Waals surface area contributed by atoms with Crippen LogP contribution in [-0.4, -0.2) is 635 Å². The Balaban J connectivity index is 0.939. The summed E-state index contributed by atoms with van der Waals surface area (Å²) < 4.78 is 140. The fraction of sp³-hybridized carbons (Fsp3) is 0.929. The van der Waals surface area contributed by atoms with Gasteiger partial charge in [0.2, 0.25) is 35.4 Å². The Morgan fingerprint density at radius 3 is 0.813 bits per heavy atom. The summed E-state index contributed by atoms with van der Waals surface area (Å²) in [5, 5.41) is 368. The van der Waals surface area contributed by atoms with E-state index in [4.69, 9.17) is 109 Å². The summed E-state index contributed by atoms with van der Waals surface area (Å²) in [6, 6.07) is -11.8. The molecule has 0 aromatic rings. The van der Waals surface area contributed by atoms with Gasteiger partial charge in [0.05, 0.1) is 78.8 Å². The van der Waals surface area contributed by atoms with Gasteiger partial charge in [-0.1, -0.05) is 0 Å². The van der Waals surface area contributed by atoms with Gasteiger partial charge in [0.25, 0.3) is 0 Å². The first kappa shape index (κ1) is 123. The first-order valence-corrected chi connectivity index (χ1v) is 48.0. The third kappa shape index (κ3) is 27.5. The van der Waals surface area contributed by atoms with Crippen molar-refractivity contribution < 1.29 is 296 Å². The number of carbonyl (C=O) groups is 6. The molecule has 12 heterocycles. The average Bonchev–Trinajstić information content (AvgIpc) is 0.753. The molecule has 66 nitrogen and oxygen atoms in total. The van der Waals surface area contributed by atoms with Crippen molar-refractivity contribution in [1.29, 1.82) is 0 Å². The quantitative estimate of drug-likeness (QED) is 0.0272. The summed E-state index contributed by atoms with van der Waals surface area (Å²) in [4.78, 5) is 78.2. The minimum Gasteiger partial charge on any atom is -0.394 e. The first-order valence-electron chi connectivity index (χ1n) is 48.0. The standard InChI is InChI=1S/C84H140N6O60/c1-19-43(106)56(119)60(123)79(130-19)150-71-58(121)47(110)29(11-94)135-83(71)146-67-33(15-98)138-78(42(55(67)118)90-25(7)105)148-70-59(122)48(111)35(17-128-74-38(86-21(3)101)50(113)44(107)26(8-91)132-74)141-82(70)129-18-36-49(112)69(63(126)81(140-36)145-66-32(14-97)136-76(40(54(66)117)88-23(5)103)142-64-30(12-95)131-73(127)37(52(64)115)85-20(2)100)147-84-72(149-75-39(87-22(4)102)51(114)45(108)27(9-92)133-75)62(125)68(34(16-99)139-84)143-77-41(89-24(6)104)53(116)65(31(13-96)137-77)144-80-61(124)57(120)46(109)28(10-93)134-80/h19,26-84,91-99,106-127H,8-18H2,1-7H3,(H,85,100)(H,86,101)(H,87,102)(H,88,103)(H,89,104)(H,90,105)/t19-,26+,27+,28+,29+,30+,31+,32+,33+,34+,35+,36+,37+,38+,39+,40+,41+,42+,43+,44+,45+,46-,47-,48+,49+,50+,51+,52+,53+,54+,55+,56+,57-,58-,59-,60-,61+,62-,63-,64+,65+,66+,67+,68+,69-,70-,71+,72-,73+,74+,75-,76-,77-,78-,79-,80-,81-,82-,83-,84+/m0/s1. The lowest BCUT2D eigenvalue weighted by Gasteiger charge is -2.52. The van der Waals surface area contributed by atoms with Gasteiger partial charge in [-0.05, 0) is 6.92 Å². The van der Waals surface area contributed by atoms with E-state index in [9.17, 15) is 187 Å². The zero-order chi connectivity index (χ0) is 110. The van der Waals surface area contributed by atoms with Crippen molar-refractivity contribution >= 4 is 35.4 Å². The fourth-order valence-electron chi connectivity index (χ4n) is 19.5. The van der Waals surface area contributed by atoms with Crippen molar-refractivity contribution in [3.63, 3.8) is 0 Å². The highest BCUT2D eigenvalue weighted by molar-refractivity contribution is 5.75. The molecule has 12 fully saturated rings. The first-order chi connectivity index (χ1) is 70.9. The Morgan fingerprint density at radius 2 is 0.413 bits per heavy atom. The van der Waals surface area contributed by atoms with Crippen LogP contribution in [0, 0.1) is 0 Å². The number of aliphatic hydroxyl groups is 31. The zero-order valence-electron chi connectivity index (χ0n) is 81.1. The predicted molar refractivity (Wildman–Crippen MR) is 463 cm³/mol. The van der Waals surface area contributed by atoms with E-state index < -0.39 is 476 Å². The van der Waals surface area contributed by atoms with Crippen molar-refractivity contribution in [3.05, 3.63) is 0 Å². The number of nitrogens with one attached hydrogen (secondary N) is 6. The third-order valence-electron chi connectivity index (χ3n) is 27.4. The van der Waals surface area contributed by atoms with Crippen LogP contribution in [0.1, 0.15) is 48.5 Å². The molecule has 0 saturated carbocycles. The van der Waals surface area contributed by atoms with Gasteiger partial charge in [-0.3, -0.25) is 28.8 Å². The maximum atomic E-state index is 13.5. The van der Waals surface area contributed by atoms with Gasteiger partial charge < -0.3 is 299 Å². The van der Waals surface area contributed by atoms with E-state index in [0.717, 1.165) is 41.5 Å². The normalized spacial score (nSPS) is 48.8. The van der Waals surface area contributed by atoms with Gasteiger partial charge in [0.15, 0.2) is 75.5 Å². The number of ether oxygens (including phenoxy) is 23. The summed E-state index contributed by atoms with van der Waals surface area (Å²) in [6.07, 6.45) is -118. The highest BCUT2D eigenvalue weighted by atomic mass is 16.8. The van der Waals surface area contributed by atoms with Crippen LogP contribution in [0.4, 0.5) is 0 Å². The van der Waals surface area contributed by atoms with Gasteiger partial charge in [-0.2, -0.15) is 0 Å². The summed E-state index contributed by atoms with van der Waals surface area (Å²) in [7, 11) is 0.